The molecule has 4 heteroatoms. The molecule has 0 aromatic heterocycles. The number of thiocarbonyl (C=S) groups is 1. The highest BCUT2D eigenvalue weighted by atomic mass is 32.1. The average Bonchev–Trinajstić information content (AvgIpc) is 3.09. The first-order valence-corrected chi connectivity index (χ1v) is 7.95. The van der Waals surface area contributed by atoms with Crippen molar-refractivity contribution < 1.29 is 0 Å². The maximum atomic E-state index is 5.73. The zero-order valence-electron chi connectivity index (χ0n) is 12.1. The summed E-state index contributed by atoms with van der Waals surface area (Å²) in [5.74, 6) is 0. The molecular weight excluding hydrogens is 266 g/mol. The van der Waals surface area contributed by atoms with Gasteiger partial charge in [0.2, 0.25) is 0 Å². The number of rotatable bonds is 3. The Hall–Kier alpha value is -1.13. The summed E-state index contributed by atoms with van der Waals surface area (Å²) in [6.07, 6.45) is 4.03. The van der Waals surface area contributed by atoms with Gasteiger partial charge in [-0.1, -0.05) is 12.2 Å². The predicted octanol–water partition coefficient (Wildman–Crippen LogP) is 2.30. The Morgan fingerprint density at radius 3 is 2.65 bits per heavy atom. The molecule has 2 aliphatic rings. The minimum Gasteiger partial charge on any atom is -0.389 e. The van der Waals surface area contributed by atoms with Crippen LogP contribution in [0.4, 0.5) is 5.69 Å². The van der Waals surface area contributed by atoms with Gasteiger partial charge in [-0.3, -0.25) is 4.90 Å². The molecule has 0 amide bonds. The van der Waals surface area contributed by atoms with Crippen LogP contribution in [0.1, 0.15) is 30.4 Å². The van der Waals surface area contributed by atoms with Crippen molar-refractivity contribution in [3.8, 4) is 0 Å². The normalized spacial score (nSPS) is 23.4. The van der Waals surface area contributed by atoms with E-state index in [9.17, 15) is 0 Å². The zero-order chi connectivity index (χ0) is 14.1. The standard InChI is InChI=1S/C16H23N3S/c1-12-10-13(4-5-15(12)16(17)20)19-9-6-14(11-19)18-7-2-3-8-18/h4-5,10,14H,2-3,6-9,11H2,1H3,(H2,17,20). The maximum Gasteiger partial charge on any atom is 0.104 e. The molecule has 0 aliphatic carbocycles. The van der Waals surface area contributed by atoms with Gasteiger partial charge in [-0.05, 0) is 63.0 Å². The van der Waals surface area contributed by atoms with E-state index in [4.69, 9.17) is 18.0 Å². The minimum atomic E-state index is 0.491. The quantitative estimate of drug-likeness (QED) is 0.866. The highest BCUT2D eigenvalue weighted by Crippen LogP contribution is 2.26. The van der Waals surface area contributed by atoms with Crippen LogP contribution in [0.2, 0.25) is 0 Å². The Balaban J connectivity index is 1.71. The van der Waals surface area contributed by atoms with E-state index in [2.05, 4.69) is 34.9 Å². The Morgan fingerprint density at radius 1 is 1.25 bits per heavy atom. The smallest absolute Gasteiger partial charge is 0.104 e. The van der Waals surface area contributed by atoms with Crippen molar-refractivity contribution in [3.63, 3.8) is 0 Å². The highest BCUT2D eigenvalue weighted by Gasteiger charge is 2.29. The summed E-state index contributed by atoms with van der Waals surface area (Å²) in [5, 5.41) is 0. The lowest BCUT2D eigenvalue weighted by atomic mass is 10.1. The molecule has 1 unspecified atom stereocenters. The molecule has 1 aromatic rings. The molecular formula is C16H23N3S. The van der Waals surface area contributed by atoms with E-state index >= 15 is 0 Å². The van der Waals surface area contributed by atoms with E-state index in [0.29, 0.717) is 4.99 Å². The van der Waals surface area contributed by atoms with Gasteiger partial charge in [0.05, 0.1) is 0 Å². The van der Waals surface area contributed by atoms with Crippen molar-refractivity contribution in [2.75, 3.05) is 31.1 Å². The predicted molar refractivity (Wildman–Crippen MR) is 88.5 cm³/mol. The molecule has 20 heavy (non-hydrogen) atoms. The molecule has 3 rings (SSSR count). The molecule has 108 valence electrons. The fraction of sp³-hybridized carbons (Fsp3) is 0.562. The second kappa shape index (κ2) is 5.70. The van der Waals surface area contributed by atoms with Crippen LogP contribution < -0.4 is 10.6 Å². The first kappa shape index (κ1) is 13.8. The molecule has 0 radical (unpaired) electrons. The number of anilines is 1. The van der Waals surface area contributed by atoms with Crippen LogP contribution in [-0.4, -0.2) is 42.1 Å². The van der Waals surface area contributed by atoms with E-state index in [0.717, 1.165) is 24.7 Å². The van der Waals surface area contributed by atoms with E-state index in [1.54, 1.807) is 0 Å². The zero-order valence-corrected chi connectivity index (χ0v) is 13.0. The molecule has 0 spiro atoms. The largest absolute Gasteiger partial charge is 0.389 e. The van der Waals surface area contributed by atoms with Crippen LogP contribution in [0.25, 0.3) is 0 Å². The SMILES string of the molecule is Cc1cc(N2CCC(N3CCCC3)C2)ccc1C(N)=S. The van der Waals surface area contributed by atoms with Gasteiger partial charge in [0.15, 0.2) is 0 Å². The number of aryl methyl sites for hydroxylation is 1. The first-order chi connectivity index (χ1) is 9.65. The van der Waals surface area contributed by atoms with Gasteiger partial charge in [0.1, 0.15) is 4.99 Å². The van der Waals surface area contributed by atoms with Crippen LogP contribution in [0, 0.1) is 6.92 Å². The Kier molecular flexibility index (Phi) is 3.94. The summed E-state index contributed by atoms with van der Waals surface area (Å²) < 4.78 is 0. The highest BCUT2D eigenvalue weighted by molar-refractivity contribution is 7.80. The summed E-state index contributed by atoms with van der Waals surface area (Å²) in [6, 6.07) is 7.19. The number of likely N-dealkylation sites (tertiary alicyclic amines) is 1. The molecule has 0 bridgehead atoms. The second-order valence-corrected chi connectivity index (χ2v) is 6.43. The lowest BCUT2D eigenvalue weighted by Gasteiger charge is -2.25. The fourth-order valence-corrected chi connectivity index (χ4v) is 3.73. The van der Waals surface area contributed by atoms with E-state index in [1.807, 2.05) is 0 Å². The molecule has 2 saturated heterocycles. The number of nitrogens with zero attached hydrogens (tertiary/aromatic N) is 2. The second-order valence-electron chi connectivity index (χ2n) is 6.00. The Bertz CT molecular complexity index is 508. The first-order valence-electron chi connectivity index (χ1n) is 7.54. The Morgan fingerprint density at radius 2 is 2.00 bits per heavy atom. The summed E-state index contributed by atoms with van der Waals surface area (Å²) in [6.45, 7) is 6.99. The lowest BCUT2D eigenvalue weighted by molar-refractivity contribution is 0.260. The molecule has 1 atom stereocenters. The fourth-order valence-electron chi connectivity index (χ4n) is 3.50. The van der Waals surface area contributed by atoms with Crippen LogP contribution in [0.3, 0.4) is 0 Å². The molecule has 2 fully saturated rings. The van der Waals surface area contributed by atoms with Crippen LogP contribution in [-0.2, 0) is 0 Å². The van der Waals surface area contributed by atoms with Gasteiger partial charge in [-0.15, -0.1) is 0 Å². The molecule has 2 aliphatic heterocycles. The van der Waals surface area contributed by atoms with Gasteiger partial charge >= 0.3 is 0 Å². The average molecular weight is 289 g/mol. The summed E-state index contributed by atoms with van der Waals surface area (Å²) >= 11 is 5.08. The number of hydrogen-bond donors (Lipinski definition) is 1. The molecule has 0 saturated carbocycles. The van der Waals surface area contributed by atoms with Crippen LogP contribution in [0.15, 0.2) is 18.2 Å². The molecule has 1 aromatic carbocycles. The molecule has 2 heterocycles. The third kappa shape index (κ3) is 2.67. The van der Waals surface area contributed by atoms with E-state index in [1.165, 1.54) is 43.6 Å². The summed E-state index contributed by atoms with van der Waals surface area (Å²) in [5.41, 5.74) is 9.22. The number of benzene rings is 1. The van der Waals surface area contributed by atoms with Crippen LogP contribution in [0.5, 0.6) is 0 Å². The van der Waals surface area contributed by atoms with Crippen molar-refractivity contribution in [1.82, 2.24) is 4.90 Å². The van der Waals surface area contributed by atoms with Crippen molar-refractivity contribution in [2.24, 2.45) is 5.73 Å². The van der Waals surface area contributed by atoms with Crippen LogP contribution >= 0.6 is 12.2 Å². The Labute approximate surface area is 126 Å². The lowest BCUT2D eigenvalue weighted by Crippen LogP contribution is -2.35. The molecule has 2 N–H and O–H groups in total. The number of nitrogens with two attached hydrogens (primary N) is 1. The minimum absolute atomic E-state index is 0.491. The van der Waals surface area contributed by atoms with Crippen molar-refractivity contribution >= 4 is 22.9 Å². The van der Waals surface area contributed by atoms with Gasteiger partial charge < -0.3 is 10.6 Å². The summed E-state index contributed by atoms with van der Waals surface area (Å²) in [4.78, 5) is 5.65. The third-order valence-corrected chi connectivity index (χ3v) is 4.88. The van der Waals surface area contributed by atoms with Gasteiger partial charge in [0, 0.05) is 30.4 Å². The van der Waals surface area contributed by atoms with Crippen molar-refractivity contribution in [3.05, 3.63) is 29.3 Å². The maximum absolute atomic E-state index is 5.73. The van der Waals surface area contributed by atoms with Crippen molar-refractivity contribution in [1.29, 1.82) is 0 Å². The van der Waals surface area contributed by atoms with E-state index in [-0.39, 0.29) is 0 Å². The van der Waals surface area contributed by atoms with Gasteiger partial charge in [-0.2, -0.15) is 0 Å². The van der Waals surface area contributed by atoms with E-state index < -0.39 is 0 Å². The number of hydrogen-bond acceptors (Lipinski definition) is 3. The summed E-state index contributed by atoms with van der Waals surface area (Å²) in [7, 11) is 0. The van der Waals surface area contributed by atoms with Gasteiger partial charge in [0.25, 0.3) is 0 Å². The van der Waals surface area contributed by atoms with Crippen molar-refractivity contribution in [2.45, 2.75) is 32.2 Å². The topological polar surface area (TPSA) is 32.5 Å². The monoisotopic (exact) mass is 289 g/mol. The third-order valence-electron chi connectivity index (χ3n) is 4.66. The molecule has 3 nitrogen and oxygen atoms in total. The van der Waals surface area contributed by atoms with Gasteiger partial charge in [-0.25, -0.2) is 0 Å².